The minimum atomic E-state index is 0.579. The molecule has 0 unspecified atom stereocenters. The average Bonchev–Trinajstić information content (AvgIpc) is 2.17. The zero-order valence-corrected chi connectivity index (χ0v) is 8.22. The molecule has 13 heavy (non-hydrogen) atoms. The molecule has 0 saturated heterocycles. The highest BCUT2D eigenvalue weighted by molar-refractivity contribution is 5.72. The molecule has 1 aromatic carbocycles. The third kappa shape index (κ3) is 1.62. The lowest BCUT2D eigenvalue weighted by Crippen LogP contribution is -2.32. The van der Waals surface area contributed by atoms with Crippen LogP contribution in [0, 0.1) is 6.92 Å². The second-order valence-corrected chi connectivity index (χ2v) is 3.68. The maximum absolute atomic E-state index is 3.51. The molecule has 1 heterocycles. The summed E-state index contributed by atoms with van der Waals surface area (Å²) >= 11 is 0. The first-order valence-electron chi connectivity index (χ1n) is 4.90. The van der Waals surface area contributed by atoms with Gasteiger partial charge in [0.05, 0.1) is 11.4 Å². The zero-order chi connectivity index (χ0) is 9.26. The Morgan fingerprint density at radius 2 is 2.23 bits per heavy atom. The topological polar surface area (TPSA) is 24.1 Å². The van der Waals surface area contributed by atoms with E-state index in [0.717, 1.165) is 6.54 Å². The van der Waals surface area contributed by atoms with Gasteiger partial charge in [-0.1, -0.05) is 13.0 Å². The molecular weight excluding hydrogens is 160 g/mol. The van der Waals surface area contributed by atoms with Crippen molar-refractivity contribution in [3.63, 3.8) is 0 Å². The number of rotatable bonds is 1. The molecule has 0 amide bonds. The van der Waals surface area contributed by atoms with Crippen molar-refractivity contribution < 1.29 is 0 Å². The molecule has 70 valence electrons. The highest BCUT2D eigenvalue weighted by Crippen LogP contribution is 2.27. The molecule has 2 nitrogen and oxygen atoms in total. The van der Waals surface area contributed by atoms with Crippen LogP contribution in [0.2, 0.25) is 0 Å². The lowest BCUT2D eigenvalue weighted by molar-refractivity contribution is 0.713. The molecular formula is C11H16N2. The van der Waals surface area contributed by atoms with Crippen molar-refractivity contribution in [2.75, 3.05) is 17.2 Å². The standard InChI is InChI=1S/C11H16N2/c1-3-9-7-12-11-6-8(2)4-5-10(11)13-9/h4-6,9,12-13H,3,7H2,1-2H3/t9-/m0/s1. The van der Waals surface area contributed by atoms with Gasteiger partial charge in [0.1, 0.15) is 0 Å². The van der Waals surface area contributed by atoms with Crippen molar-refractivity contribution in [1.82, 2.24) is 0 Å². The van der Waals surface area contributed by atoms with E-state index < -0.39 is 0 Å². The van der Waals surface area contributed by atoms with E-state index in [2.05, 4.69) is 42.7 Å². The predicted molar refractivity (Wildman–Crippen MR) is 57.4 cm³/mol. The quantitative estimate of drug-likeness (QED) is 0.687. The van der Waals surface area contributed by atoms with Crippen LogP contribution in [0.15, 0.2) is 18.2 Å². The molecule has 0 aromatic heterocycles. The van der Waals surface area contributed by atoms with Crippen LogP contribution >= 0.6 is 0 Å². The summed E-state index contributed by atoms with van der Waals surface area (Å²) < 4.78 is 0. The van der Waals surface area contributed by atoms with Gasteiger partial charge < -0.3 is 10.6 Å². The first-order valence-corrected chi connectivity index (χ1v) is 4.90. The average molecular weight is 176 g/mol. The normalized spacial score (nSPS) is 20.0. The largest absolute Gasteiger partial charge is 0.381 e. The summed E-state index contributed by atoms with van der Waals surface area (Å²) in [5.74, 6) is 0. The van der Waals surface area contributed by atoms with Crippen molar-refractivity contribution in [2.45, 2.75) is 26.3 Å². The number of fused-ring (bicyclic) bond motifs is 1. The minimum absolute atomic E-state index is 0.579. The smallest absolute Gasteiger partial charge is 0.0579 e. The minimum Gasteiger partial charge on any atom is -0.381 e. The van der Waals surface area contributed by atoms with Crippen LogP contribution in [0.4, 0.5) is 11.4 Å². The molecule has 2 N–H and O–H groups in total. The number of aryl methyl sites for hydroxylation is 1. The van der Waals surface area contributed by atoms with Gasteiger partial charge in [0.25, 0.3) is 0 Å². The molecule has 0 bridgehead atoms. The molecule has 0 spiro atoms. The Hall–Kier alpha value is -1.18. The van der Waals surface area contributed by atoms with Gasteiger partial charge in [0.15, 0.2) is 0 Å². The fourth-order valence-corrected chi connectivity index (χ4v) is 1.68. The fraction of sp³-hybridized carbons (Fsp3) is 0.455. The third-order valence-corrected chi connectivity index (χ3v) is 2.57. The third-order valence-electron chi connectivity index (χ3n) is 2.57. The van der Waals surface area contributed by atoms with Gasteiger partial charge in [-0.3, -0.25) is 0 Å². The van der Waals surface area contributed by atoms with Crippen LogP contribution in [0.1, 0.15) is 18.9 Å². The maximum Gasteiger partial charge on any atom is 0.0579 e. The fourth-order valence-electron chi connectivity index (χ4n) is 1.68. The first kappa shape index (κ1) is 8.42. The summed E-state index contributed by atoms with van der Waals surface area (Å²) in [6.45, 7) is 5.36. The van der Waals surface area contributed by atoms with Gasteiger partial charge in [-0.15, -0.1) is 0 Å². The van der Waals surface area contributed by atoms with E-state index in [1.165, 1.54) is 23.4 Å². The van der Waals surface area contributed by atoms with Gasteiger partial charge in [-0.2, -0.15) is 0 Å². The Bertz CT molecular complexity index is 307. The lowest BCUT2D eigenvalue weighted by Gasteiger charge is -2.27. The molecule has 0 radical (unpaired) electrons. The molecule has 1 aromatic rings. The molecule has 2 heteroatoms. The lowest BCUT2D eigenvalue weighted by atomic mass is 10.1. The number of hydrogen-bond donors (Lipinski definition) is 2. The van der Waals surface area contributed by atoms with E-state index in [1.807, 2.05) is 0 Å². The van der Waals surface area contributed by atoms with Crippen molar-refractivity contribution in [1.29, 1.82) is 0 Å². The Morgan fingerprint density at radius 3 is 3.00 bits per heavy atom. The number of hydrogen-bond acceptors (Lipinski definition) is 2. The summed E-state index contributed by atoms with van der Waals surface area (Å²) in [7, 11) is 0. The molecule has 1 aliphatic heterocycles. The number of anilines is 2. The summed E-state index contributed by atoms with van der Waals surface area (Å²) in [5.41, 5.74) is 3.79. The van der Waals surface area contributed by atoms with Crippen molar-refractivity contribution in [3.8, 4) is 0 Å². The molecule has 2 rings (SSSR count). The molecule has 0 aliphatic carbocycles. The highest BCUT2D eigenvalue weighted by Gasteiger charge is 2.14. The van der Waals surface area contributed by atoms with Crippen LogP contribution in [-0.2, 0) is 0 Å². The van der Waals surface area contributed by atoms with E-state index in [1.54, 1.807) is 0 Å². The predicted octanol–water partition coefficient (Wildman–Crippen LogP) is 2.61. The Balaban J connectivity index is 2.26. The van der Waals surface area contributed by atoms with Gasteiger partial charge in [-0.05, 0) is 31.0 Å². The first-order chi connectivity index (χ1) is 6.29. The molecule has 0 fully saturated rings. The Morgan fingerprint density at radius 1 is 1.38 bits per heavy atom. The highest BCUT2D eigenvalue weighted by atomic mass is 15.1. The van der Waals surface area contributed by atoms with E-state index in [0.29, 0.717) is 6.04 Å². The van der Waals surface area contributed by atoms with Crippen LogP contribution in [0.25, 0.3) is 0 Å². The number of benzene rings is 1. The van der Waals surface area contributed by atoms with Gasteiger partial charge in [0.2, 0.25) is 0 Å². The van der Waals surface area contributed by atoms with Crippen molar-refractivity contribution >= 4 is 11.4 Å². The Kier molecular flexibility index (Phi) is 2.13. The van der Waals surface area contributed by atoms with Crippen molar-refractivity contribution in [3.05, 3.63) is 23.8 Å². The summed E-state index contributed by atoms with van der Waals surface area (Å²) in [5, 5.41) is 6.95. The summed E-state index contributed by atoms with van der Waals surface area (Å²) in [4.78, 5) is 0. The van der Waals surface area contributed by atoms with Crippen LogP contribution in [0.5, 0.6) is 0 Å². The van der Waals surface area contributed by atoms with E-state index in [-0.39, 0.29) is 0 Å². The summed E-state index contributed by atoms with van der Waals surface area (Å²) in [6.07, 6.45) is 1.17. The van der Waals surface area contributed by atoms with E-state index in [4.69, 9.17) is 0 Å². The number of nitrogens with one attached hydrogen (secondary N) is 2. The Labute approximate surface area is 79.4 Å². The zero-order valence-electron chi connectivity index (χ0n) is 8.22. The second-order valence-electron chi connectivity index (χ2n) is 3.68. The SMILES string of the molecule is CC[C@H]1CNc2cc(C)ccc2N1. The molecule has 0 saturated carbocycles. The van der Waals surface area contributed by atoms with Crippen LogP contribution in [-0.4, -0.2) is 12.6 Å². The van der Waals surface area contributed by atoms with Gasteiger partial charge >= 0.3 is 0 Å². The van der Waals surface area contributed by atoms with Gasteiger partial charge in [0, 0.05) is 12.6 Å². The van der Waals surface area contributed by atoms with E-state index in [9.17, 15) is 0 Å². The van der Waals surface area contributed by atoms with E-state index >= 15 is 0 Å². The second kappa shape index (κ2) is 3.29. The van der Waals surface area contributed by atoms with Crippen LogP contribution < -0.4 is 10.6 Å². The monoisotopic (exact) mass is 176 g/mol. The van der Waals surface area contributed by atoms with Gasteiger partial charge in [-0.25, -0.2) is 0 Å². The van der Waals surface area contributed by atoms with Crippen LogP contribution in [0.3, 0.4) is 0 Å². The van der Waals surface area contributed by atoms with Crippen molar-refractivity contribution in [2.24, 2.45) is 0 Å². The summed E-state index contributed by atoms with van der Waals surface area (Å²) in [6, 6.07) is 7.06. The maximum atomic E-state index is 3.51. The molecule has 1 aliphatic rings. The molecule has 1 atom stereocenters.